The predicted octanol–water partition coefficient (Wildman–Crippen LogP) is -5.40. The molecule has 2 saturated heterocycles. The van der Waals surface area contributed by atoms with Crippen molar-refractivity contribution in [2.24, 2.45) is 0 Å². The van der Waals surface area contributed by atoms with Crippen molar-refractivity contribution < 1.29 is 55.1 Å². The summed E-state index contributed by atoms with van der Waals surface area (Å²) in [5, 5.41) is 76.5. The Kier molecular flexibility index (Phi) is 5.92. The zero-order valence-electron chi connectivity index (χ0n) is 12.0. The van der Waals surface area contributed by atoms with Gasteiger partial charge < -0.3 is 55.1 Å². The summed E-state index contributed by atoms with van der Waals surface area (Å²) >= 11 is 0. The quantitative estimate of drug-likeness (QED) is 0.238. The first-order valence-electron chi connectivity index (χ1n) is 7.05. The molecule has 0 aromatic heterocycles. The fourth-order valence-electron chi connectivity index (χ4n) is 2.63. The second-order valence-electron chi connectivity index (χ2n) is 5.58. The maximum atomic E-state index is 10.00. The van der Waals surface area contributed by atoms with Crippen molar-refractivity contribution in [1.82, 2.24) is 0 Å². The Labute approximate surface area is 130 Å². The molecular formula is C12H22O11. The van der Waals surface area contributed by atoms with E-state index in [0.29, 0.717) is 0 Å². The average molecular weight is 342 g/mol. The van der Waals surface area contributed by atoms with E-state index in [4.69, 9.17) is 24.4 Å². The zero-order chi connectivity index (χ0) is 17.4. The van der Waals surface area contributed by atoms with Crippen molar-refractivity contribution in [3.05, 3.63) is 0 Å². The number of hydrogen-bond donors (Lipinski definition) is 8. The molecular weight excluding hydrogens is 320 g/mol. The highest BCUT2D eigenvalue weighted by Gasteiger charge is 2.56. The van der Waals surface area contributed by atoms with Gasteiger partial charge in [0.1, 0.15) is 42.7 Å². The van der Waals surface area contributed by atoms with Gasteiger partial charge in [-0.1, -0.05) is 0 Å². The largest absolute Gasteiger partial charge is 0.394 e. The molecule has 0 amide bonds. The summed E-state index contributed by atoms with van der Waals surface area (Å²) in [7, 11) is 0. The Balaban J connectivity index is 2.13. The van der Waals surface area contributed by atoms with Crippen molar-refractivity contribution in [3.63, 3.8) is 0 Å². The van der Waals surface area contributed by atoms with Gasteiger partial charge in [-0.05, 0) is 0 Å². The van der Waals surface area contributed by atoms with E-state index in [9.17, 15) is 30.6 Å². The summed E-state index contributed by atoms with van der Waals surface area (Å²) in [5.74, 6) is -2.37. The van der Waals surface area contributed by atoms with Gasteiger partial charge >= 0.3 is 0 Å². The zero-order valence-corrected chi connectivity index (χ0v) is 12.0. The molecule has 2 fully saturated rings. The van der Waals surface area contributed by atoms with Crippen LogP contribution in [0.15, 0.2) is 0 Å². The lowest BCUT2D eigenvalue weighted by Gasteiger charge is -2.41. The minimum atomic E-state index is -2.37. The predicted molar refractivity (Wildman–Crippen MR) is 68.6 cm³/mol. The molecule has 1 unspecified atom stereocenters. The van der Waals surface area contributed by atoms with Gasteiger partial charge in [0.15, 0.2) is 6.29 Å². The Morgan fingerprint density at radius 2 is 1.48 bits per heavy atom. The van der Waals surface area contributed by atoms with Crippen molar-refractivity contribution in [1.29, 1.82) is 0 Å². The van der Waals surface area contributed by atoms with Crippen molar-refractivity contribution in [2.45, 2.75) is 54.8 Å². The highest BCUT2D eigenvalue weighted by Crippen LogP contribution is 2.33. The molecule has 11 heteroatoms. The van der Waals surface area contributed by atoms with E-state index in [1.54, 1.807) is 0 Å². The van der Waals surface area contributed by atoms with Crippen LogP contribution in [0.25, 0.3) is 0 Å². The first kappa shape index (κ1) is 18.9. The molecule has 0 aromatic carbocycles. The number of ether oxygens (including phenoxy) is 3. The van der Waals surface area contributed by atoms with Gasteiger partial charge in [0.2, 0.25) is 5.79 Å². The molecule has 0 spiro atoms. The summed E-state index contributed by atoms with van der Waals surface area (Å²) in [5.41, 5.74) is 0. The van der Waals surface area contributed by atoms with Gasteiger partial charge in [0, 0.05) is 0 Å². The minimum absolute atomic E-state index is 0.668. The minimum Gasteiger partial charge on any atom is -0.394 e. The maximum Gasteiger partial charge on any atom is 0.219 e. The molecule has 9 atom stereocenters. The smallest absolute Gasteiger partial charge is 0.219 e. The van der Waals surface area contributed by atoms with Crippen LogP contribution in [0.2, 0.25) is 0 Å². The van der Waals surface area contributed by atoms with Crippen molar-refractivity contribution >= 4 is 0 Å². The molecule has 0 aliphatic carbocycles. The Morgan fingerprint density at radius 3 is 2.00 bits per heavy atom. The molecule has 2 rings (SSSR count). The molecule has 2 aliphatic rings. The van der Waals surface area contributed by atoms with E-state index in [2.05, 4.69) is 0 Å². The van der Waals surface area contributed by atoms with Crippen molar-refractivity contribution in [3.8, 4) is 0 Å². The van der Waals surface area contributed by atoms with Crippen LogP contribution >= 0.6 is 0 Å². The lowest BCUT2D eigenvalue weighted by Crippen LogP contribution is -2.60. The molecule has 8 N–H and O–H groups in total. The van der Waals surface area contributed by atoms with Gasteiger partial charge in [0.25, 0.3) is 0 Å². The second kappa shape index (κ2) is 7.21. The molecule has 0 aromatic rings. The standard InChI is InChI=1S/C12H22O11/c13-1-4-6(16)7(17)8(18)11(21-4)22-9-5(2-14)23-12(20,3-15)10(9)19/h4-11,13-20H,1-3H2/t4-,5-,6+,7+,8-,9-,10?,11+,12-/m1/s1. The number of aliphatic hydroxyl groups excluding tert-OH is 7. The third-order valence-electron chi connectivity index (χ3n) is 4.04. The third-order valence-corrected chi connectivity index (χ3v) is 4.04. The van der Waals surface area contributed by atoms with Crippen LogP contribution in [0.5, 0.6) is 0 Å². The Morgan fingerprint density at radius 1 is 0.870 bits per heavy atom. The fraction of sp³-hybridized carbons (Fsp3) is 1.00. The molecule has 0 bridgehead atoms. The van der Waals surface area contributed by atoms with Gasteiger partial charge in [-0.3, -0.25) is 0 Å². The summed E-state index contributed by atoms with van der Waals surface area (Å²) in [4.78, 5) is 0. The fourth-order valence-corrected chi connectivity index (χ4v) is 2.63. The summed E-state index contributed by atoms with van der Waals surface area (Å²) in [6.07, 6.45) is -12.2. The first-order chi connectivity index (χ1) is 10.8. The highest BCUT2D eigenvalue weighted by atomic mass is 16.7. The van der Waals surface area contributed by atoms with Crippen LogP contribution in [0.4, 0.5) is 0 Å². The van der Waals surface area contributed by atoms with Crippen LogP contribution in [0, 0.1) is 0 Å². The molecule has 136 valence electrons. The number of hydrogen-bond acceptors (Lipinski definition) is 11. The normalized spacial score (nSPS) is 51.1. The van der Waals surface area contributed by atoms with Gasteiger partial charge in [-0.2, -0.15) is 0 Å². The molecule has 0 radical (unpaired) electrons. The van der Waals surface area contributed by atoms with Crippen LogP contribution in [-0.2, 0) is 14.2 Å². The summed E-state index contributed by atoms with van der Waals surface area (Å²) in [6.45, 7) is -2.32. The molecule has 2 heterocycles. The highest BCUT2D eigenvalue weighted by molar-refractivity contribution is 4.98. The SMILES string of the molecule is OC[C@H]1O[C@@H](O[C@H]2C(O)[C@@](O)(CO)O[C@@H]2CO)[C@H](O)[C@@H](O)[C@H]1O. The van der Waals surface area contributed by atoms with E-state index in [0.717, 1.165) is 0 Å². The average Bonchev–Trinajstić information content (AvgIpc) is 2.80. The molecule has 2 aliphatic heterocycles. The molecule has 11 nitrogen and oxygen atoms in total. The lowest BCUT2D eigenvalue weighted by molar-refractivity contribution is -0.318. The summed E-state index contributed by atoms with van der Waals surface area (Å²) < 4.78 is 15.3. The third kappa shape index (κ3) is 3.36. The van der Waals surface area contributed by atoms with E-state index < -0.39 is 74.6 Å². The van der Waals surface area contributed by atoms with Gasteiger partial charge in [-0.15, -0.1) is 0 Å². The van der Waals surface area contributed by atoms with E-state index >= 15 is 0 Å². The maximum absolute atomic E-state index is 10.00. The monoisotopic (exact) mass is 342 g/mol. The second-order valence-corrected chi connectivity index (χ2v) is 5.58. The first-order valence-corrected chi connectivity index (χ1v) is 7.05. The van der Waals surface area contributed by atoms with Crippen LogP contribution in [-0.4, -0.2) is 115 Å². The van der Waals surface area contributed by atoms with Crippen LogP contribution in [0.1, 0.15) is 0 Å². The van der Waals surface area contributed by atoms with E-state index in [-0.39, 0.29) is 0 Å². The van der Waals surface area contributed by atoms with E-state index in [1.807, 2.05) is 0 Å². The van der Waals surface area contributed by atoms with E-state index in [1.165, 1.54) is 0 Å². The van der Waals surface area contributed by atoms with Crippen LogP contribution in [0.3, 0.4) is 0 Å². The molecule has 23 heavy (non-hydrogen) atoms. The van der Waals surface area contributed by atoms with Crippen molar-refractivity contribution in [2.75, 3.05) is 19.8 Å². The molecule has 0 saturated carbocycles. The Bertz CT molecular complexity index is 393. The van der Waals surface area contributed by atoms with Crippen LogP contribution < -0.4 is 0 Å². The number of rotatable bonds is 5. The topological polar surface area (TPSA) is 190 Å². The Hall–Kier alpha value is -0.440. The number of aliphatic hydroxyl groups is 8. The summed E-state index contributed by atoms with van der Waals surface area (Å²) in [6, 6.07) is 0. The van der Waals surface area contributed by atoms with Gasteiger partial charge in [0.05, 0.1) is 19.8 Å². The van der Waals surface area contributed by atoms with Gasteiger partial charge in [-0.25, -0.2) is 0 Å². The lowest BCUT2D eigenvalue weighted by atomic mass is 9.99.